The summed E-state index contributed by atoms with van der Waals surface area (Å²) < 4.78 is 14.7. The van der Waals surface area contributed by atoms with Gasteiger partial charge in [0.05, 0.1) is 5.39 Å². The number of nitrogens with zero attached hydrogens (tertiary/aromatic N) is 3. The van der Waals surface area contributed by atoms with Crippen LogP contribution >= 0.6 is 15.9 Å². The van der Waals surface area contributed by atoms with E-state index in [0.29, 0.717) is 11.4 Å². The van der Waals surface area contributed by atoms with E-state index >= 15 is 0 Å². The lowest BCUT2D eigenvalue weighted by molar-refractivity contribution is 0.445. The highest BCUT2D eigenvalue weighted by Crippen LogP contribution is 2.33. The van der Waals surface area contributed by atoms with Crippen LogP contribution in [0.2, 0.25) is 0 Å². The molecule has 3 rings (SSSR count). The quantitative estimate of drug-likeness (QED) is 0.800. The highest BCUT2D eigenvalue weighted by atomic mass is 79.9. The first-order valence-electron chi connectivity index (χ1n) is 6.50. The number of hydrogen-bond donors (Lipinski definition) is 0. The van der Waals surface area contributed by atoms with Crippen molar-refractivity contribution in [1.82, 2.24) is 9.97 Å². The minimum absolute atomic E-state index is 0.299. The molecular formula is C14H15BrFN3. The second kappa shape index (κ2) is 5.04. The molecule has 0 radical (unpaired) electrons. The molecule has 1 atom stereocenters. The van der Waals surface area contributed by atoms with E-state index in [1.54, 1.807) is 6.07 Å². The van der Waals surface area contributed by atoms with Gasteiger partial charge in [0.25, 0.3) is 0 Å². The van der Waals surface area contributed by atoms with Crippen molar-refractivity contribution in [1.29, 1.82) is 0 Å². The predicted octanol–water partition coefficient (Wildman–Crippen LogP) is 3.77. The van der Waals surface area contributed by atoms with Gasteiger partial charge < -0.3 is 4.90 Å². The minimum atomic E-state index is -0.299. The summed E-state index contributed by atoms with van der Waals surface area (Å²) in [7, 11) is 0. The molecule has 0 saturated carbocycles. The summed E-state index contributed by atoms with van der Waals surface area (Å²) in [5.74, 6) is 1.18. The maximum Gasteiger partial charge on any atom is 0.149 e. The van der Waals surface area contributed by atoms with Crippen LogP contribution in [0.5, 0.6) is 0 Å². The lowest BCUT2D eigenvalue weighted by Gasteiger charge is -2.32. The van der Waals surface area contributed by atoms with Gasteiger partial charge in [0.15, 0.2) is 0 Å². The lowest BCUT2D eigenvalue weighted by atomic mass is 10.00. The van der Waals surface area contributed by atoms with E-state index < -0.39 is 0 Å². The van der Waals surface area contributed by atoms with Gasteiger partial charge >= 0.3 is 0 Å². The number of rotatable bonds is 1. The Hall–Kier alpha value is -1.23. The van der Waals surface area contributed by atoms with Crippen LogP contribution in [0.15, 0.2) is 22.9 Å². The Morgan fingerprint density at radius 2 is 2.21 bits per heavy atom. The van der Waals surface area contributed by atoms with Gasteiger partial charge in [-0.1, -0.05) is 6.92 Å². The third-order valence-corrected chi connectivity index (χ3v) is 4.29. The van der Waals surface area contributed by atoms with Gasteiger partial charge in [-0.2, -0.15) is 0 Å². The molecule has 0 amide bonds. The topological polar surface area (TPSA) is 29.0 Å². The molecular weight excluding hydrogens is 309 g/mol. The molecule has 0 N–H and O–H groups in total. The van der Waals surface area contributed by atoms with Crippen molar-refractivity contribution in [3.05, 3.63) is 28.7 Å². The van der Waals surface area contributed by atoms with Crippen LogP contribution in [-0.2, 0) is 0 Å². The summed E-state index contributed by atoms with van der Waals surface area (Å²) >= 11 is 3.49. The molecule has 2 heterocycles. The fraction of sp³-hybridized carbons (Fsp3) is 0.429. The SMILES string of the molecule is CC1CCCN(c2ncnc3c(F)ccc(Br)c23)C1. The van der Waals surface area contributed by atoms with Crippen molar-refractivity contribution in [2.24, 2.45) is 5.92 Å². The van der Waals surface area contributed by atoms with Gasteiger partial charge in [0.2, 0.25) is 0 Å². The van der Waals surface area contributed by atoms with Gasteiger partial charge in [-0.05, 0) is 46.8 Å². The van der Waals surface area contributed by atoms with E-state index in [4.69, 9.17) is 0 Å². The molecule has 1 saturated heterocycles. The molecule has 1 unspecified atom stereocenters. The summed E-state index contributed by atoms with van der Waals surface area (Å²) in [6.45, 7) is 4.18. The Labute approximate surface area is 120 Å². The molecule has 1 aromatic heterocycles. The number of piperidine rings is 1. The molecule has 1 aliphatic heterocycles. The first-order chi connectivity index (χ1) is 9.16. The highest BCUT2D eigenvalue weighted by molar-refractivity contribution is 9.10. The first kappa shape index (κ1) is 12.8. The molecule has 0 aliphatic carbocycles. The second-order valence-electron chi connectivity index (χ2n) is 5.14. The summed E-state index contributed by atoms with van der Waals surface area (Å²) in [5, 5.41) is 0.775. The van der Waals surface area contributed by atoms with Gasteiger partial charge in [-0.3, -0.25) is 0 Å². The summed E-state index contributed by atoms with van der Waals surface area (Å²) in [6, 6.07) is 3.15. The van der Waals surface area contributed by atoms with Crippen molar-refractivity contribution in [2.75, 3.05) is 18.0 Å². The molecule has 5 heteroatoms. The number of hydrogen-bond acceptors (Lipinski definition) is 3. The van der Waals surface area contributed by atoms with Crippen LogP contribution in [0.3, 0.4) is 0 Å². The Morgan fingerprint density at radius 3 is 3.00 bits per heavy atom. The average Bonchev–Trinajstić information content (AvgIpc) is 2.42. The van der Waals surface area contributed by atoms with Crippen LogP contribution in [0, 0.1) is 11.7 Å². The van der Waals surface area contributed by atoms with E-state index in [9.17, 15) is 4.39 Å². The smallest absolute Gasteiger partial charge is 0.149 e. The van der Waals surface area contributed by atoms with Crippen LogP contribution in [0.1, 0.15) is 19.8 Å². The van der Waals surface area contributed by atoms with Gasteiger partial charge in [0, 0.05) is 17.6 Å². The zero-order valence-corrected chi connectivity index (χ0v) is 12.3. The summed E-state index contributed by atoms with van der Waals surface area (Å²) in [4.78, 5) is 10.7. The molecule has 1 fully saturated rings. The Kier molecular flexibility index (Phi) is 3.39. The third-order valence-electron chi connectivity index (χ3n) is 3.62. The van der Waals surface area contributed by atoms with Gasteiger partial charge in [-0.25, -0.2) is 14.4 Å². The van der Waals surface area contributed by atoms with E-state index in [1.165, 1.54) is 18.8 Å². The summed E-state index contributed by atoms with van der Waals surface area (Å²) in [6.07, 6.45) is 3.85. The number of benzene rings is 1. The summed E-state index contributed by atoms with van der Waals surface area (Å²) in [5.41, 5.74) is 0.387. The van der Waals surface area contributed by atoms with Crippen LogP contribution in [-0.4, -0.2) is 23.1 Å². The zero-order chi connectivity index (χ0) is 13.4. The molecule has 100 valence electrons. The van der Waals surface area contributed by atoms with Crippen molar-refractivity contribution in [3.8, 4) is 0 Å². The van der Waals surface area contributed by atoms with Gasteiger partial charge in [-0.15, -0.1) is 0 Å². The number of halogens is 2. The monoisotopic (exact) mass is 323 g/mol. The lowest BCUT2D eigenvalue weighted by Crippen LogP contribution is -2.35. The minimum Gasteiger partial charge on any atom is -0.356 e. The van der Waals surface area contributed by atoms with Crippen LogP contribution in [0.25, 0.3) is 10.9 Å². The van der Waals surface area contributed by atoms with Crippen molar-refractivity contribution in [3.63, 3.8) is 0 Å². The van der Waals surface area contributed by atoms with E-state index in [1.807, 2.05) is 0 Å². The molecule has 0 spiro atoms. The normalized spacial score (nSPS) is 19.9. The van der Waals surface area contributed by atoms with Crippen molar-refractivity contribution in [2.45, 2.75) is 19.8 Å². The largest absolute Gasteiger partial charge is 0.356 e. The fourth-order valence-electron chi connectivity index (χ4n) is 2.71. The van der Waals surface area contributed by atoms with E-state index in [-0.39, 0.29) is 5.82 Å². The molecule has 1 aromatic carbocycles. The fourth-order valence-corrected chi connectivity index (χ4v) is 3.20. The van der Waals surface area contributed by atoms with Gasteiger partial charge in [0.1, 0.15) is 23.5 Å². The second-order valence-corrected chi connectivity index (χ2v) is 6.00. The standard InChI is InChI=1S/C14H15BrFN3/c1-9-3-2-6-19(7-9)14-12-10(15)4-5-11(16)13(12)17-8-18-14/h4-5,8-9H,2-3,6-7H2,1H3. The molecule has 1 aliphatic rings. The van der Waals surface area contributed by atoms with Crippen molar-refractivity contribution < 1.29 is 4.39 Å². The number of aromatic nitrogens is 2. The maximum absolute atomic E-state index is 13.9. The molecule has 2 aromatic rings. The first-order valence-corrected chi connectivity index (χ1v) is 7.30. The Balaban J connectivity index is 2.15. The number of anilines is 1. The Morgan fingerprint density at radius 1 is 1.37 bits per heavy atom. The zero-order valence-electron chi connectivity index (χ0n) is 10.7. The average molecular weight is 324 g/mol. The maximum atomic E-state index is 13.9. The van der Waals surface area contributed by atoms with E-state index in [2.05, 4.69) is 37.7 Å². The highest BCUT2D eigenvalue weighted by Gasteiger charge is 2.21. The van der Waals surface area contributed by atoms with Crippen LogP contribution < -0.4 is 4.90 Å². The third kappa shape index (κ3) is 2.31. The predicted molar refractivity (Wildman–Crippen MR) is 77.8 cm³/mol. The van der Waals surface area contributed by atoms with Crippen molar-refractivity contribution >= 4 is 32.7 Å². The van der Waals surface area contributed by atoms with Crippen LogP contribution in [0.4, 0.5) is 10.2 Å². The molecule has 19 heavy (non-hydrogen) atoms. The Bertz CT molecular complexity index is 617. The molecule has 0 bridgehead atoms. The van der Waals surface area contributed by atoms with E-state index in [0.717, 1.165) is 35.2 Å². The number of fused-ring (bicyclic) bond motifs is 1. The molecule has 3 nitrogen and oxygen atoms in total.